The number of rotatable bonds is 4. The van der Waals surface area contributed by atoms with Gasteiger partial charge in [-0.2, -0.15) is 18.3 Å². The van der Waals surface area contributed by atoms with E-state index in [-0.39, 0.29) is 16.9 Å². The summed E-state index contributed by atoms with van der Waals surface area (Å²) in [7, 11) is -3.21. The molecule has 0 unspecified atom stereocenters. The third-order valence-corrected chi connectivity index (χ3v) is 5.05. The molecule has 0 fully saturated rings. The first-order valence-corrected chi connectivity index (χ1v) is 9.57. The number of sulfonamides is 1. The molecule has 11 heteroatoms. The van der Waals surface area contributed by atoms with Crippen LogP contribution in [0.15, 0.2) is 53.7 Å². The Kier molecular flexibility index (Phi) is 5.13. The quantitative estimate of drug-likeness (QED) is 0.679. The van der Waals surface area contributed by atoms with Gasteiger partial charge < -0.3 is 4.74 Å². The Hall–Kier alpha value is -2.56. The Morgan fingerprint density at radius 2 is 1.93 bits per heavy atom. The predicted octanol–water partition coefficient (Wildman–Crippen LogP) is 3.87. The number of ether oxygens (including phenoxy) is 1. The second kappa shape index (κ2) is 7.12. The second-order valence-electron chi connectivity index (χ2n) is 5.71. The van der Waals surface area contributed by atoms with Crippen molar-refractivity contribution in [1.82, 2.24) is 9.78 Å². The van der Waals surface area contributed by atoms with Crippen LogP contribution in [0.25, 0.3) is 16.8 Å². The molecule has 28 heavy (non-hydrogen) atoms. The molecule has 0 atom stereocenters. The van der Waals surface area contributed by atoms with Crippen molar-refractivity contribution in [3.63, 3.8) is 0 Å². The maximum atomic E-state index is 13.8. The second-order valence-corrected chi connectivity index (χ2v) is 7.67. The maximum absolute atomic E-state index is 13.8. The molecule has 1 aromatic heterocycles. The lowest BCUT2D eigenvalue weighted by atomic mass is 10.0. The van der Waals surface area contributed by atoms with Gasteiger partial charge in [-0.05, 0) is 42.0 Å². The summed E-state index contributed by atoms with van der Waals surface area (Å²) < 4.78 is 71.7. The van der Waals surface area contributed by atoms with Gasteiger partial charge in [-0.1, -0.05) is 11.6 Å². The summed E-state index contributed by atoms with van der Waals surface area (Å²) in [5, 5.41) is 9.27. The van der Waals surface area contributed by atoms with Crippen LogP contribution in [-0.2, 0) is 16.2 Å². The number of methoxy groups -OCH3 is 1. The van der Waals surface area contributed by atoms with Crippen molar-refractivity contribution < 1.29 is 26.3 Å². The van der Waals surface area contributed by atoms with E-state index in [1.807, 2.05) is 0 Å². The molecule has 0 amide bonds. The van der Waals surface area contributed by atoms with Crippen LogP contribution in [0.2, 0.25) is 5.02 Å². The van der Waals surface area contributed by atoms with E-state index in [0.29, 0.717) is 5.02 Å². The van der Waals surface area contributed by atoms with Gasteiger partial charge in [0, 0.05) is 23.0 Å². The molecule has 0 radical (unpaired) electrons. The summed E-state index contributed by atoms with van der Waals surface area (Å²) in [6.07, 6.45) is -2.46. The van der Waals surface area contributed by atoms with Gasteiger partial charge in [0.15, 0.2) is 0 Å². The average Bonchev–Trinajstić information content (AvgIpc) is 3.13. The van der Waals surface area contributed by atoms with Crippen LogP contribution < -0.4 is 9.88 Å². The molecular formula is C17H13ClF3N3O3S. The van der Waals surface area contributed by atoms with Gasteiger partial charge in [-0.25, -0.2) is 18.2 Å². The molecule has 0 aliphatic heterocycles. The van der Waals surface area contributed by atoms with Crippen LogP contribution >= 0.6 is 11.6 Å². The molecule has 0 saturated carbocycles. The lowest BCUT2D eigenvalue weighted by molar-refractivity contribution is -0.137. The summed E-state index contributed by atoms with van der Waals surface area (Å²) in [5.41, 5.74) is -1.73. The van der Waals surface area contributed by atoms with E-state index in [2.05, 4.69) is 5.10 Å². The Bertz CT molecular complexity index is 1130. The fourth-order valence-electron chi connectivity index (χ4n) is 2.74. The molecule has 0 aliphatic carbocycles. The number of hydrogen-bond acceptors (Lipinski definition) is 4. The smallest absolute Gasteiger partial charge is 0.418 e. The van der Waals surface area contributed by atoms with Gasteiger partial charge in [0.1, 0.15) is 10.6 Å². The monoisotopic (exact) mass is 431 g/mol. The minimum atomic E-state index is -4.88. The van der Waals surface area contributed by atoms with E-state index in [1.165, 1.54) is 43.8 Å². The average molecular weight is 432 g/mol. The van der Waals surface area contributed by atoms with Crippen LogP contribution in [0.4, 0.5) is 13.2 Å². The third kappa shape index (κ3) is 3.84. The van der Waals surface area contributed by atoms with Gasteiger partial charge in [0.2, 0.25) is 10.0 Å². The first-order valence-electron chi connectivity index (χ1n) is 7.64. The largest absolute Gasteiger partial charge is 0.496 e. The van der Waals surface area contributed by atoms with Gasteiger partial charge in [-0.3, -0.25) is 0 Å². The number of nitrogens with two attached hydrogens (primary N) is 1. The van der Waals surface area contributed by atoms with Crippen LogP contribution in [0.5, 0.6) is 5.75 Å². The van der Waals surface area contributed by atoms with Crippen molar-refractivity contribution in [2.24, 2.45) is 5.14 Å². The number of halogens is 4. The topological polar surface area (TPSA) is 87.2 Å². The summed E-state index contributed by atoms with van der Waals surface area (Å²) in [5.74, 6) is 0.174. The Balaban J connectivity index is 2.43. The lowest BCUT2D eigenvalue weighted by Gasteiger charge is -2.19. The zero-order valence-electron chi connectivity index (χ0n) is 14.2. The number of primary sulfonamides is 1. The third-order valence-electron chi connectivity index (χ3n) is 3.89. The maximum Gasteiger partial charge on any atom is 0.418 e. The number of benzene rings is 2. The van der Waals surface area contributed by atoms with E-state index < -0.39 is 32.3 Å². The fraction of sp³-hybridized carbons (Fsp3) is 0.118. The zero-order valence-corrected chi connectivity index (χ0v) is 15.8. The van der Waals surface area contributed by atoms with Gasteiger partial charge in [0.05, 0.1) is 18.4 Å². The van der Waals surface area contributed by atoms with Crippen molar-refractivity contribution in [1.29, 1.82) is 0 Å². The molecule has 2 aromatic carbocycles. The van der Waals surface area contributed by atoms with E-state index in [4.69, 9.17) is 21.5 Å². The van der Waals surface area contributed by atoms with Crippen LogP contribution in [0.1, 0.15) is 5.56 Å². The molecule has 2 N–H and O–H groups in total. The Morgan fingerprint density at radius 1 is 1.21 bits per heavy atom. The summed E-state index contributed by atoms with van der Waals surface area (Å²) in [6.45, 7) is 0. The van der Waals surface area contributed by atoms with Crippen molar-refractivity contribution >= 4 is 21.6 Å². The highest BCUT2D eigenvalue weighted by Crippen LogP contribution is 2.42. The molecular weight excluding hydrogens is 419 g/mol. The minimum Gasteiger partial charge on any atom is -0.496 e. The van der Waals surface area contributed by atoms with Crippen LogP contribution in [-0.4, -0.2) is 25.3 Å². The fourth-order valence-corrected chi connectivity index (χ4v) is 3.66. The molecule has 6 nitrogen and oxygen atoms in total. The number of alkyl halides is 3. The normalized spacial score (nSPS) is 12.2. The number of hydrogen-bond donors (Lipinski definition) is 1. The summed E-state index contributed by atoms with van der Waals surface area (Å²) >= 11 is 5.90. The van der Waals surface area contributed by atoms with Gasteiger partial charge >= 0.3 is 6.18 Å². The van der Waals surface area contributed by atoms with E-state index in [9.17, 15) is 21.6 Å². The van der Waals surface area contributed by atoms with Gasteiger partial charge in [0.25, 0.3) is 0 Å². The summed E-state index contributed by atoms with van der Waals surface area (Å²) in [6, 6.07) is 7.51. The SMILES string of the molecule is COc1cc(Cl)ccc1-c1cc(C(F)(F)F)c(-n2cccn2)c(S(N)(=O)=O)c1. The Labute approximate surface area is 163 Å². The van der Waals surface area contributed by atoms with Crippen LogP contribution in [0, 0.1) is 0 Å². The van der Waals surface area contributed by atoms with E-state index in [1.54, 1.807) is 0 Å². The minimum absolute atomic E-state index is 0.0548. The van der Waals surface area contributed by atoms with Crippen molar-refractivity contribution in [3.8, 4) is 22.6 Å². The molecule has 3 aromatic rings. The Morgan fingerprint density at radius 3 is 2.46 bits per heavy atom. The first-order chi connectivity index (χ1) is 13.0. The molecule has 0 spiro atoms. The van der Waals surface area contributed by atoms with Crippen LogP contribution in [0.3, 0.4) is 0 Å². The molecule has 148 valence electrons. The van der Waals surface area contributed by atoms with E-state index in [0.717, 1.165) is 16.8 Å². The van der Waals surface area contributed by atoms with Crippen molar-refractivity contribution in [2.75, 3.05) is 7.11 Å². The molecule has 0 bridgehead atoms. The highest BCUT2D eigenvalue weighted by molar-refractivity contribution is 7.89. The highest BCUT2D eigenvalue weighted by atomic mass is 35.5. The van der Waals surface area contributed by atoms with Gasteiger partial charge in [-0.15, -0.1) is 0 Å². The highest BCUT2D eigenvalue weighted by Gasteiger charge is 2.38. The zero-order chi connectivity index (χ0) is 20.7. The first kappa shape index (κ1) is 20.2. The van der Waals surface area contributed by atoms with E-state index >= 15 is 0 Å². The summed E-state index contributed by atoms with van der Waals surface area (Å²) in [4.78, 5) is -0.724. The predicted molar refractivity (Wildman–Crippen MR) is 96.9 cm³/mol. The lowest BCUT2D eigenvalue weighted by Crippen LogP contribution is -2.20. The molecule has 1 heterocycles. The van der Waals surface area contributed by atoms with Crippen molar-refractivity contribution in [2.45, 2.75) is 11.1 Å². The molecule has 3 rings (SSSR count). The molecule has 0 aliphatic rings. The number of aromatic nitrogens is 2. The standard InChI is InChI=1S/C17H13ClF3N3O3S/c1-27-14-9-11(18)3-4-12(14)10-7-13(17(19,20)21)16(24-6-2-5-23-24)15(8-10)28(22,25)26/h2-9H,1H3,(H2,22,25,26). The van der Waals surface area contributed by atoms with Crippen molar-refractivity contribution in [3.05, 3.63) is 59.4 Å². The molecule has 0 saturated heterocycles. The number of nitrogens with zero attached hydrogens (tertiary/aromatic N) is 2.